The lowest BCUT2D eigenvalue weighted by Gasteiger charge is -1.96. The van der Waals surface area contributed by atoms with E-state index in [1.807, 2.05) is 0 Å². The first-order valence-corrected chi connectivity index (χ1v) is 7.00. The summed E-state index contributed by atoms with van der Waals surface area (Å²) in [7, 11) is 0. The van der Waals surface area contributed by atoms with E-state index in [1.165, 1.54) is 43.0 Å². The number of rotatable bonds is 7. The molecule has 0 aromatic carbocycles. The number of allylic oxidation sites excluding steroid dienone is 1. The first-order valence-electron chi connectivity index (χ1n) is 4.23. The van der Waals surface area contributed by atoms with E-state index < -0.39 is 0 Å². The highest BCUT2D eigenvalue weighted by atomic mass is 127. The number of unbranched alkanes of at least 4 members (excludes halogenated alkanes) is 5. The molecular formula is C9H16I2. The standard InChI is InChI=1S/C9H16I2/c10-8-6-4-2-1-3-5-7-9-11/h6,8H,1-5,7,9H2. The Morgan fingerprint density at radius 1 is 0.909 bits per heavy atom. The Hall–Kier alpha value is 1.20. The van der Waals surface area contributed by atoms with E-state index in [0.29, 0.717) is 0 Å². The van der Waals surface area contributed by atoms with Gasteiger partial charge in [-0.3, -0.25) is 0 Å². The summed E-state index contributed by atoms with van der Waals surface area (Å²) in [5, 5.41) is 0. The van der Waals surface area contributed by atoms with Crippen molar-refractivity contribution < 1.29 is 0 Å². The lowest BCUT2D eigenvalue weighted by molar-refractivity contribution is 0.642. The Balaban J connectivity index is 2.79. The second-order valence-corrected chi connectivity index (χ2v) is 4.41. The minimum Gasteiger partial charge on any atom is -0.0864 e. The quantitative estimate of drug-likeness (QED) is 0.342. The summed E-state index contributed by atoms with van der Waals surface area (Å²) in [4.78, 5) is 0. The van der Waals surface area contributed by atoms with Gasteiger partial charge in [0, 0.05) is 0 Å². The second-order valence-electron chi connectivity index (χ2n) is 2.61. The first-order chi connectivity index (χ1) is 5.41. The topological polar surface area (TPSA) is 0 Å². The van der Waals surface area contributed by atoms with Crippen LogP contribution in [-0.4, -0.2) is 4.43 Å². The number of hydrogen-bond acceptors (Lipinski definition) is 0. The van der Waals surface area contributed by atoms with E-state index in [4.69, 9.17) is 0 Å². The van der Waals surface area contributed by atoms with Crippen molar-refractivity contribution >= 4 is 45.2 Å². The largest absolute Gasteiger partial charge is 0.0864 e. The minimum atomic E-state index is 1.27. The molecule has 0 spiro atoms. The molecule has 0 aliphatic rings. The molecule has 0 aliphatic heterocycles. The molecule has 2 heteroatoms. The van der Waals surface area contributed by atoms with E-state index in [9.17, 15) is 0 Å². The van der Waals surface area contributed by atoms with Crippen molar-refractivity contribution in [1.29, 1.82) is 0 Å². The molecule has 0 aliphatic carbocycles. The predicted molar refractivity (Wildman–Crippen MR) is 69.7 cm³/mol. The molecular weight excluding hydrogens is 362 g/mol. The smallest absolute Gasteiger partial charge is 0.000473 e. The highest BCUT2D eigenvalue weighted by Gasteiger charge is 1.87. The SMILES string of the molecule is IC=CCCCCCCCI. The zero-order valence-corrected chi connectivity index (χ0v) is 11.2. The summed E-state index contributed by atoms with van der Waals surface area (Å²) >= 11 is 4.73. The molecule has 0 saturated heterocycles. The molecule has 0 bridgehead atoms. The van der Waals surface area contributed by atoms with Gasteiger partial charge in [-0.2, -0.15) is 0 Å². The summed E-state index contributed by atoms with van der Waals surface area (Å²) in [6.45, 7) is 0. The van der Waals surface area contributed by atoms with Crippen LogP contribution >= 0.6 is 45.2 Å². The first kappa shape index (κ1) is 12.2. The van der Waals surface area contributed by atoms with Gasteiger partial charge >= 0.3 is 0 Å². The second kappa shape index (κ2) is 11.2. The molecule has 0 fully saturated rings. The molecule has 0 radical (unpaired) electrons. The summed E-state index contributed by atoms with van der Waals surface area (Å²) in [5.41, 5.74) is 0. The Bertz CT molecular complexity index is 89.6. The van der Waals surface area contributed by atoms with Gasteiger partial charge in [-0.05, 0) is 27.8 Å². The van der Waals surface area contributed by atoms with Gasteiger partial charge in [0.25, 0.3) is 0 Å². The van der Waals surface area contributed by atoms with E-state index in [0.717, 1.165) is 0 Å². The molecule has 0 rings (SSSR count). The van der Waals surface area contributed by atoms with Crippen molar-refractivity contribution in [3.8, 4) is 0 Å². The predicted octanol–water partition coefficient (Wildman–Crippen LogP) is 4.71. The van der Waals surface area contributed by atoms with Crippen molar-refractivity contribution in [3.63, 3.8) is 0 Å². The molecule has 66 valence electrons. The normalized spacial score (nSPS) is 11.1. The van der Waals surface area contributed by atoms with Crippen LogP contribution in [0.3, 0.4) is 0 Å². The van der Waals surface area contributed by atoms with Gasteiger partial charge in [-0.15, -0.1) is 0 Å². The summed E-state index contributed by atoms with van der Waals surface area (Å²) in [6.07, 6.45) is 10.6. The van der Waals surface area contributed by atoms with Crippen LogP contribution in [-0.2, 0) is 0 Å². The van der Waals surface area contributed by atoms with Crippen LogP contribution in [0.1, 0.15) is 38.5 Å². The molecule has 0 aromatic heterocycles. The maximum Gasteiger partial charge on any atom is -0.000473 e. The molecule has 0 nitrogen and oxygen atoms in total. The Kier molecular flexibility index (Phi) is 12.4. The zero-order valence-electron chi connectivity index (χ0n) is 6.86. The van der Waals surface area contributed by atoms with Gasteiger partial charge in [-0.1, -0.05) is 70.5 Å². The van der Waals surface area contributed by atoms with Crippen LogP contribution in [0.2, 0.25) is 0 Å². The fourth-order valence-electron chi connectivity index (χ4n) is 0.950. The van der Waals surface area contributed by atoms with E-state index in [2.05, 4.69) is 55.3 Å². The fraction of sp³-hybridized carbons (Fsp3) is 0.778. The van der Waals surface area contributed by atoms with Crippen LogP contribution in [0, 0.1) is 0 Å². The van der Waals surface area contributed by atoms with Crippen LogP contribution in [0.25, 0.3) is 0 Å². The van der Waals surface area contributed by atoms with Crippen molar-refractivity contribution in [2.24, 2.45) is 0 Å². The molecule has 0 atom stereocenters. The van der Waals surface area contributed by atoms with Gasteiger partial charge in [0.05, 0.1) is 0 Å². The molecule has 0 heterocycles. The minimum absolute atomic E-state index is 1.27. The third-order valence-electron chi connectivity index (χ3n) is 1.59. The van der Waals surface area contributed by atoms with Gasteiger partial charge in [0.2, 0.25) is 0 Å². The molecule has 0 unspecified atom stereocenters. The maximum atomic E-state index is 2.45. The highest BCUT2D eigenvalue weighted by Crippen LogP contribution is 2.07. The van der Waals surface area contributed by atoms with Gasteiger partial charge in [0.15, 0.2) is 0 Å². The lowest BCUT2D eigenvalue weighted by atomic mass is 10.1. The van der Waals surface area contributed by atoms with Crippen LogP contribution in [0.5, 0.6) is 0 Å². The molecule has 11 heavy (non-hydrogen) atoms. The van der Waals surface area contributed by atoms with Crippen molar-refractivity contribution in [1.82, 2.24) is 0 Å². The van der Waals surface area contributed by atoms with Crippen molar-refractivity contribution in [2.45, 2.75) is 38.5 Å². The fourth-order valence-corrected chi connectivity index (χ4v) is 1.85. The number of hydrogen-bond donors (Lipinski definition) is 0. The lowest BCUT2D eigenvalue weighted by Crippen LogP contribution is -1.78. The monoisotopic (exact) mass is 378 g/mol. The molecule has 0 amide bonds. The van der Waals surface area contributed by atoms with Gasteiger partial charge < -0.3 is 0 Å². The molecule has 0 saturated carbocycles. The van der Waals surface area contributed by atoms with Crippen LogP contribution in [0.15, 0.2) is 10.2 Å². The Morgan fingerprint density at radius 3 is 2.18 bits per heavy atom. The average molecular weight is 378 g/mol. The van der Waals surface area contributed by atoms with Crippen molar-refractivity contribution in [2.75, 3.05) is 4.43 Å². The molecule has 0 N–H and O–H groups in total. The Morgan fingerprint density at radius 2 is 1.55 bits per heavy atom. The Labute approximate surface area is 97.5 Å². The highest BCUT2D eigenvalue weighted by molar-refractivity contribution is 14.1. The number of alkyl halides is 1. The summed E-state index contributed by atoms with van der Waals surface area (Å²) in [6, 6.07) is 0. The van der Waals surface area contributed by atoms with E-state index in [1.54, 1.807) is 0 Å². The zero-order chi connectivity index (χ0) is 8.36. The number of halogens is 2. The van der Waals surface area contributed by atoms with Crippen LogP contribution in [0.4, 0.5) is 0 Å². The van der Waals surface area contributed by atoms with Gasteiger partial charge in [0.1, 0.15) is 0 Å². The third-order valence-corrected chi connectivity index (χ3v) is 2.86. The van der Waals surface area contributed by atoms with Crippen molar-refractivity contribution in [3.05, 3.63) is 10.2 Å². The van der Waals surface area contributed by atoms with Crippen LogP contribution < -0.4 is 0 Å². The summed E-state index contributed by atoms with van der Waals surface area (Å²) < 4.78 is 3.44. The maximum absolute atomic E-state index is 2.45. The molecule has 0 aromatic rings. The average Bonchev–Trinajstić information content (AvgIpc) is 2.03. The van der Waals surface area contributed by atoms with Gasteiger partial charge in [-0.25, -0.2) is 0 Å². The summed E-state index contributed by atoms with van der Waals surface area (Å²) in [5.74, 6) is 0. The van der Waals surface area contributed by atoms with E-state index in [-0.39, 0.29) is 0 Å². The van der Waals surface area contributed by atoms with E-state index >= 15 is 0 Å². The third kappa shape index (κ3) is 11.2.